The fourth-order valence-corrected chi connectivity index (χ4v) is 5.15. The van der Waals surface area contributed by atoms with Crippen LogP contribution in [0.15, 0.2) is 87.9 Å². The van der Waals surface area contributed by atoms with Gasteiger partial charge in [0.15, 0.2) is 5.76 Å². The van der Waals surface area contributed by atoms with Crippen molar-refractivity contribution < 1.29 is 37.0 Å². The smallest absolute Gasteiger partial charge is 0.399 e. The van der Waals surface area contributed by atoms with E-state index >= 15 is 0 Å². The molecule has 3 aromatic carbocycles. The monoisotopic (exact) mass is 592 g/mol. The molecule has 0 saturated heterocycles. The maximum Gasteiger partial charge on any atom is 0.399 e. The minimum absolute atomic E-state index is 0.319. The summed E-state index contributed by atoms with van der Waals surface area (Å²) in [5, 5.41) is 0. The topological polar surface area (TPSA) is 91.1 Å². The van der Waals surface area contributed by atoms with Crippen molar-refractivity contribution in [3.05, 3.63) is 100 Å². The van der Waals surface area contributed by atoms with Crippen LogP contribution in [0.3, 0.4) is 0 Å². The molecule has 0 N–H and O–H groups in total. The molecule has 1 heterocycles. The zero-order valence-corrected chi connectivity index (χ0v) is 21.8. The van der Waals surface area contributed by atoms with E-state index in [1.54, 1.807) is 48.7 Å². The zero-order chi connectivity index (χ0) is 26.4. The number of hydrogen-bond acceptors (Lipinski definition) is 8. The number of halogens is 3. The lowest BCUT2D eigenvalue weighted by Crippen LogP contribution is -2.16. The van der Waals surface area contributed by atoms with Gasteiger partial charge in [0.2, 0.25) is 0 Å². The molecular formula is C25H20BrF2N2O6P. The molecule has 0 radical (unpaired) electrons. The molecule has 0 amide bonds. The number of esters is 1. The lowest BCUT2D eigenvalue weighted by Gasteiger charge is -2.21. The second kappa shape index (κ2) is 11.8. The number of rotatable bonds is 10. The molecule has 4 rings (SSSR count). The molecule has 12 heteroatoms. The van der Waals surface area contributed by atoms with Gasteiger partial charge in [0.25, 0.3) is 0 Å². The fourth-order valence-electron chi connectivity index (χ4n) is 3.56. The fraction of sp³-hybridized carbons (Fsp3) is 0.120. The summed E-state index contributed by atoms with van der Waals surface area (Å²) in [5.41, 5.74) is 3.07. The summed E-state index contributed by atoms with van der Waals surface area (Å²) in [6, 6.07) is 21.5. The first-order valence-electron chi connectivity index (χ1n) is 10.8. The Balaban J connectivity index is 1.61. The Morgan fingerprint density at radius 3 is 2.38 bits per heavy atom. The number of benzene rings is 3. The van der Waals surface area contributed by atoms with Gasteiger partial charge in [-0.15, -0.1) is 9.46 Å². The van der Waals surface area contributed by atoms with Gasteiger partial charge in [-0.1, -0.05) is 58.4 Å². The number of carbonyl (C=O) groups excluding carboxylic acids is 1. The number of methoxy groups -OCH3 is 1. The van der Waals surface area contributed by atoms with Gasteiger partial charge in [-0.05, 0) is 50.5 Å². The first-order valence-corrected chi connectivity index (χ1v) is 13.3. The first-order chi connectivity index (χ1) is 17.9. The van der Waals surface area contributed by atoms with Crippen LogP contribution in [0.4, 0.5) is 20.8 Å². The summed E-state index contributed by atoms with van der Waals surface area (Å²) in [6.45, 7) is 0.320. The predicted octanol–water partition coefficient (Wildman–Crippen LogP) is 7.72. The maximum atomic E-state index is 12.5. The molecule has 0 fully saturated rings. The van der Waals surface area contributed by atoms with E-state index in [-0.39, 0.29) is 0 Å². The highest BCUT2D eigenvalue weighted by Gasteiger charge is 2.29. The van der Waals surface area contributed by atoms with Crippen LogP contribution in [0.1, 0.15) is 21.5 Å². The third kappa shape index (κ3) is 6.31. The average molecular weight is 593 g/mol. The molecule has 37 heavy (non-hydrogen) atoms. The van der Waals surface area contributed by atoms with Crippen molar-refractivity contribution in [2.24, 2.45) is 0 Å². The predicted molar refractivity (Wildman–Crippen MR) is 135 cm³/mol. The van der Waals surface area contributed by atoms with Crippen LogP contribution in [0.25, 0.3) is 11.3 Å². The number of hydrogen-bond donors (Lipinski definition) is 0. The van der Waals surface area contributed by atoms with Gasteiger partial charge >= 0.3 is 19.6 Å². The maximum absolute atomic E-state index is 12.5. The summed E-state index contributed by atoms with van der Waals surface area (Å²) in [6.07, 6.45) is 0.990. The highest BCUT2D eigenvalue weighted by molar-refractivity contribution is 9.10. The van der Waals surface area contributed by atoms with Crippen molar-refractivity contribution in [2.45, 2.75) is 12.7 Å². The van der Waals surface area contributed by atoms with Crippen LogP contribution in [0.2, 0.25) is 0 Å². The molecule has 0 spiro atoms. The second-order valence-corrected chi connectivity index (χ2v) is 10.5. The van der Waals surface area contributed by atoms with Crippen molar-refractivity contribution in [1.82, 2.24) is 4.98 Å². The Bertz CT molecular complexity index is 1410. The Morgan fingerprint density at radius 1 is 1.05 bits per heavy atom. The van der Waals surface area contributed by atoms with Crippen LogP contribution in [-0.4, -0.2) is 18.1 Å². The number of carbonyl (C=O) groups is 1. The summed E-state index contributed by atoms with van der Waals surface area (Å²) < 4.78 is 54.5. The minimum Gasteiger partial charge on any atom is -0.465 e. The van der Waals surface area contributed by atoms with Crippen molar-refractivity contribution in [3.63, 3.8) is 0 Å². The average Bonchev–Trinajstić information content (AvgIpc) is 3.43. The third-order valence-electron chi connectivity index (χ3n) is 5.42. The highest BCUT2D eigenvalue weighted by atomic mass is 79.9. The van der Waals surface area contributed by atoms with E-state index in [9.17, 15) is 18.4 Å². The quantitative estimate of drug-likeness (QED) is 0.136. The molecule has 0 aliphatic heterocycles. The largest absolute Gasteiger partial charge is 0.465 e. The number of anilines is 2. The van der Waals surface area contributed by atoms with E-state index in [2.05, 4.69) is 30.4 Å². The van der Waals surface area contributed by atoms with Crippen LogP contribution in [-0.2, 0) is 31.5 Å². The molecular weight excluding hydrogens is 573 g/mol. The standard InChI is InChI=1S/C25H20BrF2N2O6P/c1-33-24(31)19-11-9-18(10-12-19)23-14-29-25(34-23)30(21-5-3-2-4-6-21)15-17-7-8-20(22(26)13-17)16-37(32,35-27)36-28/h2-14H,15-16H2,1H3. The second-order valence-electron chi connectivity index (χ2n) is 7.83. The van der Waals surface area contributed by atoms with Gasteiger partial charge in [-0.3, -0.25) is 9.46 Å². The van der Waals surface area contributed by atoms with E-state index in [4.69, 9.17) is 9.15 Å². The molecule has 1 aromatic heterocycles. The van der Waals surface area contributed by atoms with Gasteiger partial charge in [0, 0.05) is 15.7 Å². The Hall–Kier alpha value is -3.37. The number of para-hydroxylation sites is 1. The van der Waals surface area contributed by atoms with Gasteiger partial charge in [-0.2, -0.15) is 0 Å². The van der Waals surface area contributed by atoms with Crippen molar-refractivity contribution >= 4 is 41.2 Å². The lowest BCUT2D eigenvalue weighted by molar-refractivity contribution is -0.0881. The molecule has 4 aromatic rings. The minimum atomic E-state index is -4.53. The van der Waals surface area contributed by atoms with E-state index < -0.39 is 19.7 Å². The van der Waals surface area contributed by atoms with Crippen LogP contribution in [0, 0.1) is 0 Å². The van der Waals surface area contributed by atoms with Gasteiger partial charge in [0.05, 0.1) is 31.6 Å². The Morgan fingerprint density at radius 2 is 1.76 bits per heavy atom. The molecule has 0 unspecified atom stereocenters. The van der Waals surface area contributed by atoms with Crippen LogP contribution < -0.4 is 4.90 Å². The van der Waals surface area contributed by atoms with Gasteiger partial charge in [-0.25, -0.2) is 9.78 Å². The highest BCUT2D eigenvalue weighted by Crippen LogP contribution is 2.53. The number of nitrogens with zero attached hydrogens (tertiary/aromatic N) is 2. The summed E-state index contributed by atoms with van der Waals surface area (Å²) >= 11 is 3.35. The molecule has 0 aliphatic rings. The Kier molecular flexibility index (Phi) is 8.50. The molecule has 0 atom stereocenters. The normalized spacial score (nSPS) is 11.4. The summed E-state index contributed by atoms with van der Waals surface area (Å²) in [4.78, 5) is 18.0. The number of aromatic nitrogens is 1. The van der Waals surface area contributed by atoms with E-state index in [0.717, 1.165) is 16.8 Å². The zero-order valence-electron chi connectivity index (χ0n) is 19.3. The van der Waals surface area contributed by atoms with Crippen molar-refractivity contribution in [3.8, 4) is 11.3 Å². The molecule has 0 saturated carbocycles. The van der Waals surface area contributed by atoms with Gasteiger partial charge in [0.1, 0.15) is 0 Å². The molecule has 0 aliphatic carbocycles. The van der Waals surface area contributed by atoms with E-state index in [1.807, 2.05) is 35.2 Å². The molecule has 192 valence electrons. The first kappa shape index (κ1) is 26.7. The Labute approximate surface area is 219 Å². The SMILES string of the molecule is COC(=O)c1ccc(-c2cnc(N(Cc3ccc(CP(=O)(OF)OF)c(Br)c3)c3ccccc3)o2)cc1. The van der Waals surface area contributed by atoms with Crippen LogP contribution in [0.5, 0.6) is 0 Å². The summed E-state index contributed by atoms with van der Waals surface area (Å²) in [5.74, 6) is 0.0616. The van der Waals surface area contributed by atoms with E-state index in [1.165, 1.54) is 7.11 Å². The van der Waals surface area contributed by atoms with E-state index in [0.29, 0.717) is 33.9 Å². The number of ether oxygens (including phenoxy) is 1. The van der Waals surface area contributed by atoms with Gasteiger partial charge < -0.3 is 9.15 Å². The molecule has 8 nitrogen and oxygen atoms in total. The molecule has 0 bridgehead atoms. The summed E-state index contributed by atoms with van der Waals surface area (Å²) in [7, 11) is -3.21. The van der Waals surface area contributed by atoms with Crippen molar-refractivity contribution in [1.29, 1.82) is 0 Å². The van der Waals surface area contributed by atoms with Crippen LogP contribution >= 0.6 is 23.5 Å². The van der Waals surface area contributed by atoms with Crippen molar-refractivity contribution in [2.75, 3.05) is 12.0 Å². The third-order valence-corrected chi connectivity index (χ3v) is 7.30. The lowest BCUT2D eigenvalue weighted by atomic mass is 10.1. The number of oxazole rings is 1.